The van der Waals surface area contributed by atoms with Crippen LogP contribution in [0.5, 0.6) is 0 Å². The molecule has 2 aromatic heterocycles. The molecule has 1 atom stereocenters. The van der Waals surface area contributed by atoms with Gasteiger partial charge in [0.15, 0.2) is 11.5 Å². The van der Waals surface area contributed by atoms with E-state index in [2.05, 4.69) is 26.1 Å². The zero-order valence-corrected chi connectivity index (χ0v) is 18.8. The molecule has 0 aliphatic heterocycles. The van der Waals surface area contributed by atoms with Gasteiger partial charge in [0.1, 0.15) is 0 Å². The zero-order chi connectivity index (χ0) is 22.5. The van der Waals surface area contributed by atoms with Crippen LogP contribution in [0.15, 0.2) is 42.6 Å². The van der Waals surface area contributed by atoms with Gasteiger partial charge >= 0.3 is 6.03 Å². The Morgan fingerprint density at radius 1 is 1.10 bits per heavy atom. The van der Waals surface area contributed by atoms with Crippen molar-refractivity contribution in [1.82, 2.24) is 25.2 Å². The summed E-state index contributed by atoms with van der Waals surface area (Å²) in [6, 6.07) is 9.67. The number of rotatable bonds is 7. The molecule has 3 N–H and O–H groups in total. The Morgan fingerprint density at radius 2 is 1.87 bits per heavy atom. The van der Waals surface area contributed by atoms with Crippen molar-refractivity contribution in [2.45, 2.75) is 33.7 Å². The largest absolute Gasteiger partial charge is 0.352 e. The van der Waals surface area contributed by atoms with Crippen molar-refractivity contribution in [3.63, 3.8) is 0 Å². The molecule has 0 aliphatic carbocycles. The number of halogens is 1. The summed E-state index contributed by atoms with van der Waals surface area (Å²) >= 11 is 6.27. The SMILES string of the molecule is CC(C)CNC(=O)c1ccc(NC(=O)NC(c2nnc3ccccn23)C(C)C)cc1Cl. The molecule has 0 saturated carbocycles. The molecule has 2 heterocycles. The van der Waals surface area contributed by atoms with Crippen LogP contribution < -0.4 is 16.0 Å². The van der Waals surface area contributed by atoms with Crippen molar-refractivity contribution in [3.8, 4) is 0 Å². The fraction of sp³-hybridized carbons (Fsp3) is 0.364. The van der Waals surface area contributed by atoms with Gasteiger partial charge in [0, 0.05) is 18.4 Å². The van der Waals surface area contributed by atoms with Gasteiger partial charge in [-0.05, 0) is 42.2 Å². The maximum atomic E-state index is 12.7. The van der Waals surface area contributed by atoms with E-state index in [4.69, 9.17) is 11.6 Å². The lowest BCUT2D eigenvalue weighted by atomic mass is 10.0. The van der Waals surface area contributed by atoms with E-state index in [1.165, 1.54) is 0 Å². The Morgan fingerprint density at radius 3 is 2.55 bits per heavy atom. The number of fused-ring (bicyclic) bond motifs is 1. The van der Waals surface area contributed by atoms with Gasteiger partial charge in [0.05, 0.1) is 16.6 Å². The number of urea groups is 1. The Labute approximate surface area is 186 Å². The highest BCUT2D eigenvalue weighted by Gasteiger charge is 2.24. The Bertz CT molecular complexity index is 1080. The minimum Gasteiger partial charge on any atom is -0.352 e. The molecule has 164 valence electrons. The molecule has 0 aliphatic rings. The van der Waals surface area contributed by atoms with E-state index < -0.39 is 6.03 Å². The topological polar surface area (TPSA) is 100 Å². The number of anilines is 1. The summed E-state index contributed by atoms with van der Waals surface area (Å²) < 4.78 is 1.85. The number of carbonyl (C=O) groups excluding carboxylic acids is 2. The predicted molar refractivity (Wildman–Crippen MR) is 121 cm³/mol. The summed E-state index contributed by atoms with van der Waals surface area (Å²) in [6.07, 6.45) is 1.86. The number of amides is 3. The lowest BCUT2D eigenvalue weighted by molar-refractivity contribution is 0.0949. The molecular formula is C22H27ClN6O2. The molecule has 0 spiro atoms. The molecule has 3 rings (SSSR count). The van der Waals surface area contributed by atoms with Gasteiger partial charge in [0.2, 0.25) is 0 Å². The second-order valence-corrected chi connectivity index (χ2v) is 8.51. The highest BCUT2D eigenvalue weighted by molar-refractivity contribution is 6.34. The summed E-state index contributed by atoms with van der Waals surface area (Å²) in [5, 5.41) is 17.2. The van der Waals surface area contributed by atoms with Gasteiger partial charge in [-0.15, -0.1) is 10.2 Å². The fourth-order valence-corrected chi connectivity index (χ4v) is 3.35. The van der Waals surface area contributed by atoms with E-state index in [-0.39, 0.29) is 22.9 Å². The van der Waals surface area contributed by atoms with Crippen LogP contribution >= 0.6 is 11.6 Å². The van der Waals surface area contributed by atoms with E-state index in [9.17, 15) is 9.59 Å². The second-order valence-electron chi connectivity index (χ2n) is 8.11. The Kier molecular flexibility index (Phi) is 7.12. The first kappa shape index (κ1) is 22.6. The van der Waals surface area contributed by atoms with Gasteiger partial charge < -0.3 is 16.0 Å². The first-order chi connectivity index (χ1) is 14.8. The molecule has 0 saturated heterocycles. The molecule has 1 aromatic carbocycles. The third-order valence-electron chi connectivity index (χ3n) is 4.71. The van der Waals surface area contributed by atoms with E-state index in [0.29, 0.717) is 35.2 Å². The van der Waals surface area contributed by atoms with Crippen molar-refractivity contribution >= 4 is 34.9 Å². The average molecular weight is 443 g/mol. The first-order valence-corrected chi connectivity index (χ1v) is 10.6. The van der Waals surface area contributed by atoms with Gasteiger partial charge in [0.25, 0.3) is 5.91 Å². The highest BCUT2D eigenvalue weighted by atomic mass is 35.5. The van der Waals surface area contributed by atoms with Gasteiger partial charge in [-0.2, -0.15) is 0 Å². The molecule has 0 bridgehead atoms. The maximum absolute atomic E-state index is 12.7. The van der Waals surface area contributed by atoms with Crippen LogP contribution in [0.2, 0.25) is 5.02 Å². The van der Waals surface area contributed by atoms with Crippen LogP contribution in [0, 0.1) is 11.8 Å². The van der Waals surface area contributed by atoms with E-state index in [1.54, 1.807) is 18.2 Å². The number of hydrogen-bond donors (Lipinski definition) is 3. The molecule has 0 fully saturated rings. The molecule has 1 unspecified atom stereocenters. The number of carbonyl (C=O) groups is 2. The van der Waals surface area contributed by atoms with Crippen molar-refractivity contribution in [2.75, 3.05) is 11.9 Å². The first-order valence-electron chi connectivity index (χ1n) is 10.2. The van der Waals surface area contributed by atoms with Crippen molar-refractivity contribution in [2.24, 2.45) is 11.8 Å². The fourth-order valence-electron chi connectivity index (χ4n) is 3.08. The monoisotopic (exact) mass is 442 g/mol. The lowest BCUT2D eigenvalue weighted by Gasteiger charge is -2.21. The predicted octanol–water partition coefficient (Wildman–Crippen LogP) is 4.29. The van der Waals surface area contributed by atoms with Crippen LogP contribution in [-0.2, 0) is 0 Å². The molecule has 0 radical (unpaired) electrons. The molecule has 8 nitrogen and oxygen atoms in total. The standard InChI is InChI=1S/C22H27ClN6O2/c1-13(2)12-24-21(30)16-9-8-15(11-17(16)23)25-22(31)26-19(14(3)4)20-28-27-18-7-5-6-10-29(18)20/h5-11,13-14,19H,12H2,1-4H3,(H,24,30)(H2,25,26,31). The molecule has 3 amide bonds. The smallest absolute Gasteiger partial charge is 0.319 e. The lowest BCUT2D eigenvalue weighted by Crippen LogP contribution is -2.36. The normalized spacial score (nSPS) is 12.2. The maximum Gasteiger partial charge on any atom is 0.319 e. The summed E-state index contributed by atoms with van der Waals surface area (Å²) in [5.74, 6) is 0.821. The number of benzene rings is 1. The summed E-state index contributed by atoms with van der Waals surface area (Å²) in [4.78, 5) is 24.9. The summed E-state index contributed by atoms with van der Waals surface area (Å²) in [7, 11) is 0. The number of hydrogen-bond acceptors (Lipinski definition) is 4. The van der Waals surface area contributed by atoms with Gasteiger partial charge in [-0.1, -0.05) is 45.4 Å². The third kappa shape index (κ3) is 5.52. The number of pyridine rings is 1. The minimum absolute atomic E-state index is 0.0778. The summed E-state index contributed by atoms with van der Waals surface area (Å²) in [5.41, 5.74) is 1.56. The van der Waals surface area contributed by atoms with Crippen molar-refractivity contribution in [3.05, 3.63) is 59.0 Å². The van der Waals surface area contributed by atoms with Crippen LogP contribution in [0.4, 0.5) is 10.5 Å². The van der Waals surface area contributed by atoms with Crippen LogP contribution in [0.1, 0.15) is 49.9 Å². The van der Waals surface area contributed by atoms with Crippen LogP contribution in [0.3, 0.4) is 0 Å². The van der Waals surface area contributed by atoms with Crippen LogP contribution in [-0.4, -0.2) is 33.1 Å². The number of nitrogens with one attached hydrogen (secondary N) is 3. The number of aromatic nitrogens is 3. The molecule has 3 aromatic rings. The van der Waals surface area contributed by atoms with E-state index >= 15 is 0 Å². The number of nitrogens with zero attached hydrogens (tertiary/aromatic N) is 3. The molecule has 9 heteroatoms. The van der Waals surface area contributed by atoms with Gasteiger partial charge in [-0.3, -0.25) is 9.20 Å². The van der Waals surface area contributed by atoms with Crippen molar-refractivity contribution < 1.29 is 9.59 Å². The molecule has 31 heavy (non-hydrogen) atoms. The van der Waals surface area contributed by atoms with E-state index in [1.807, 2.05) is 56.5 Å². The second kappa shape index (κ2) is 9.78. The summed E-state index contributed by atoms with van der Waals surface area (Å²) in [6.45, 7) is 8.58. The molecular weight excluding hydrogens is 416 g/mol. The van der Waals surface area contributed by atoms with E-state index in [0.717, 1.165) is 0 Å². The average Bonchev–Trinajstić information content (AvgIpc) is 3.14. The zero-order valence-electron chi connectivity index (χ0n) is 18.0. The highest BCUT2D eigenvalue weighted by Crippen LogP contribution is 2.23. The van der Waals surface area contributed by atoms with Crippen LogP contribution in [0.25, 0.3) is 5.65 Å². The third-order valence-corrected chi connectivity index (χ3v) is 5.03. The quantitative estimate of drug-likeness (QED) is 0.508. The van der Waals surface area contributed by atoms with Gasteiger partial charge in [-0.25, -0.2) is 4.79 Å². The Balaban J connectivity index is 1.70. The minimum atomic E-state index is -0.403. The Hall–Kier alpha value is -3.13. The van der Waals surface area contributed by atoms with Crippen molar-refractivity contribution in [1.29, 1.82) is 0 Å².